The fourth-order valence-corrected chi connectivity index (χ4v) is 6.05. The van der Waals surface area contributed by atoms with E-state index in [0.717, 1.165) is 5.56 Å². The summed E-state index contributed by atoms with van der Waals surface area (Å²) in [5.41, 5.74) is 1.36. The van der Waals surface area contributed by atoms with E-state index >= 15 is 0 Å². The van der Waals surface area contributed by atoms with Crippen LogP contribution < -0.4 is 15.4 Å². The minimum Gasteiger partial charge on any atom is -0.450 e. The molecule has 0 aliphatic rings. The van der Waals surface area contributed by atoms with Crippen molar-refractivity contribution in [3.63, 3.8) is 0 Å². The van der Waals surface area contributed by atoms with E-state index in [9.17, 15) is 18.0 Å². The quantitative estimate of drug-likeness (QED) is 0.304. The third-order valence-electron chi connectivity index (χ3n) is 4.73. The molecular formula is C26H32N4O6S2. The molecule has 0 saturated heterocycles. The molecule has 0 fully saturated rings. The average Bonchev–Trinajstić information content (AvgIpc) is 3.27. The van der Waals surface area contributed by atoms with Crippen molar-refractivity contribution >= 4 is 44.9 Å². The van der Waals surface area contributed by atoms with Gasteiger partial charge in [0.2, 0.25) is 10.0 Å². The van der Waals surface area contributed by atoms with Crippen LogP contribution in [0.3, 0.4) is 0 Å². The van der Waals surface area contributed by atoms with Gasteiger partial charge in [0.15, 0.2) is 0 Å². The predicted octanol–water partition coefficient (Wildman–Crippen LogP) is 6.08. The average molecular weight is 561 g/mol. The highest BCUT2D eigenvalue weighted by atomic mass is 32.2. The Balaban J connectivity index is 1.94. The van der Waals surface area contributed by atoms with Crippen LogP contribution in [-0.2, 0) is 19.5 Å². The van der Waals surface area contributed by atoms with Crippen LogP contribution in [0.1, 0.15) is 41.5 Å². The van der Waals surface area contributed by atoms with E-state index in [1.165, 1.54) is 17.4 Å². The van der Waals surface area contributed by atoms with Crippen molar-refractivity contribution in [1.82, 2.24) is 9.71 Å². The molecule has 0 aliphatic heterocycles. The fourth-order valence-electron chi connectivity index (χ4n) is 3.36. The van der Waals surface area contributed by atoms with Crippen LogP contribution in [-0.4, -0.2) is 43.8 Å². The van der Waals surface area contributed by atoms with Gasteiger partial charge in [-0.25, -0.2) is 27.7 Å². The number of nitrogens with one attached hydrogen (secondary N) is 3. The lowest BCUT2D eigenvalue weighted by molar-refractivity contribution is 0.130. The first-order valence-electron chi connectivity index (χ1n) is 11.9. The molecule has 0 unspecified atom stereocenters. The number of benzene rings is 2. The van der Waals surface area contributed by atoms with Gasteiger partial charge in [0.25, 0.3) is 0 Å². The summed E-state index contributed by atoms with van der Waals surface area (Å²) in [5, 5.41) is 5.88. The minimum absolute atomic E-state index is 0.000126. The van der Waals surface area contributed by atoms with Gasteiger partial charge in [-0.1, -0.05) is 6.07 Å². The van der Waals surface area contributed by atoms with Gasteiger partial charge in [-0.15, -0.1) is 11.3 Å². The molecule has 0 radical (unpaired) electrons. The standard InChI is InChI=1S/C26H32N4O6S2/c1-7-35-24(31)29-19-12-13-20(22(14-19)38(33,34)30-26(4,5)6)21-15-27-23(37-21)17-8-10-18(11-9-17)28-25(32)36-16(2)3/h8-16,30H,7H2,1-6H3,(H,28,32)(H,29,31). The second kappa shape index (κ2) is 11.9. The highest BCUT2D eigenvalue weighted by molar-refractivity contribution is 7.89. The largest absolute Gasteiger partial charge is 0.450 e. The molecule has 0 saturated carbocycles. The summed E-state index contributed by atoms with van der Waals surface area (Å²) in [7, 11) is -3.96. The molecule has 3 rings (SSSR count). The van der Waals surface area contributed by atoms with Crippen molar-refractivity contribution in [2.24, 2.45) is 0 Å². The number of rotatable bonds is 8. The third-order valence-corrected chi connectivity index (χ3v) is 7.60. The van der Waals surface area contributed by atoms with E-state index in [-0.39, 0.29) is 23.3 Å². The maximum atomic E-state index is 13.4. The molecule has 0 aliphatic carbocycles. The highest BCUT2D eigenvalue weighted by Gasteiger charge is 2.26. The van der Waals surface area contributed by atoms with Crippen LogP contribution in [0.15, 0.2) is 53.6 Å². The van der Waals surface area contributed by atoms with Gasteiger partial charge in [0.1, 0.15) is 5.01 Å². The molecule has 1 heterocycles. The first kappa shape index (κ1) is 29.1. The number of carbonyl (C=O) groups excluding carboxylic acids is 2. The SMILES string of the molecule is CCOC(=O)Nc1ccc(-c2cnc(-c3ccc(NC(=O)OC(C)C)cc3)s2)c(S(=O)(=O)NC(C)(C)C)c1. The summed E-state index contributed by atoms with van der Waals surface area (Å²) < 4.78 is 39.4. The van der Waals surface area contributed by atoms with Crippen molar-refractivity contribution in [1.29, 1.82) is 0 Å². The lowest BCUT2D eigenvalue weighted by Gasteiger charge is -2.22. The number of thiazole rings is 1. The molecule has 2 aromatic carbocycles. The number of amides is 2. The Morgan fingerprint density at radius 1 is 1.00 bits per heavy atom. The Morgan fingerprint density at radius 3 is 2.24 bits per heavy atom. The van der Waals surface area contributed by atoms with Crippen LogP contribution in [0.4, 0.5) is 21.0 Å². The van der Waals surface area contributed by atoms with Gasteiger partial charge in [-0.2, -0.15) is 0 Å². The molecule has 0 atom stereocenters. The fraction of sp³-hybridized carbons (Fsp3) is 0.346. The van der Waals surface area contributed by atoms with E-state index in [0.29, 0.717) is 21.1 Å². The Morgan fingerprint density at radius 2 is 1.63 bits per heavy atom. The lowest BCUT2D eigenvalue weighted by atomic mass is 10.1. The lowest BCUT2D eigenvalue weighted by Crippen LogP contribution is -2.40. The molecule has 2 amide bonds. The molecule has 0 spiro atoms. The summed E-state index contributed by atoms with van der Waals surface area (Å²) >= 11 is 1.32. The Kier molecular flexibility index (Phi) is 9.13. The molecule has 0 bridgehead atoms. The zero-order chi connectivity index (χ0) is 28.1. The van der Waals surface area contributed by atoms with Crippen LogP contribution >= 0.6 is 11.3 Å². The van der Waals surface area contributed by atoms with Gasteiger partial charge >= 0.3 is 12.2 Å². The first-order chi connectivity index (χ1) is 17.8. The molecule has 12 heteroatoms. The molecule has 204 valence electrons. The van der Waals surface area contributed by atoms with Gasteiger partial charge < -0.3 is 9.47 Å². The number of ether oxygens (including phenoxy) is 2. The van der Waals surface area contributed by atoms with Crippen molar-refractivity contribution in [3.8, 4) is 21.0 Å². The number of hydrogen-bond acceptors (Lipinski definition) is 8. The van der Waals surface area contributed by atoms with Crippen molar-refractivity contribution in [2.45, 2.75) is 58.1 Å². The zero-order valence-corrected chi connectivity index (χ0v) is 23.7. The topological polar surface area (TPSA) is 136 Å². The molecule has 38 heavy (non-hydrogen) atoms. The second-order valence-electron chi connectivity index (χ2n) is 9.60. The van der Waals surface area contributed by atoms with Crippen LogP contribution in [0.5, 0.6) is 0 Å². The van der Waals surface area contributed by atoms with Gasteiger partial charge in [0.05, 0.1) is 22.5 Å². The van der Waals surface area contributed by atoms with E-state index in [2.05, 4.69) is 20.3 Å². The Hall–Kier alpha value is -3.48. The summed E-state index contributed by atoms with van der Waals surface area (Å²) in [6.45, 7) is 10.6. The second-order valence-corrected chi connectivity index (χ2v) is 12.3. The van der Waals surface area contributed by atoms with Gasteiger partial charge in [-0.05, 0) is 77.9 Å². The zero-order valence-electron chi connectivity index (χ0n) is 22.1. The normalized spacial score (nSPS) is 11.8. The molecule has 1 aromatic heterocycles. The number of sulfonamides is 1. The number of carbonyl (C=O) groups is 2. The summed E-state index contributed by atoms with van der Waals surface area (Å²) in [6, 6.07) is 11.7. The van der Waals surface area contributed by atoms with Gasteiger partial charge in [-0.3, -0.25) is 10.6 Å². The van der Waals surface area contributed by atoms with Crippen LogP contribution in [0, 0.1) is 0 Å². The summed E-state index contributed by atoms with van der Waals surface area (Å²) in [4.78, 5) is 28.8. The minimum atomic E-state index is -3.96. The molecule has 3 N–H and O–H groups in total. The number of nitrogens with zero attached hydrogens (tertiary/aromatic N) is 1. The van der Waals surface area contributed by atoms with E-state index in [4.69, 9.17) is 9.47 Å². The number of aromatic nitrogens is 1. The smallest absolute Gasteiger partial charge is 0.411 e. The van der Waals surface area contributed by atoms with Crippen LogP contribution in [0.25, 0.3) is 21.0 Å². The predicted molar refractivity (Wildman–Crippen MR) is 149 cm³/mol. The molecule has 3 aromatic rings. The molecular weight excluding hydrogens is 528 g/mol. The van der Waals surface area contributed by atoms with Crippen molar-refractivity contribution < 1.29 is 27.5 Å². The maximum absolute atomic E-state index is 13.4. The Bertz CT molecular complexity index is 1390. The first-order valence-corrected chi connectivity index (χ1v) is 14.2. The van der Waals surface area contributed by atoms with Crippen molar-refractivity contribution in [2.75, 3.05) is 17.2 Å². The van der Waals surface area contributed by atoms with Gasteiger partial charge in [0, 0.05) is 34.2 Å². The highest BCUT2D eigenvalue weighted by Crippen LogP contribution is 2.37. The third kappa shape index (κ3) is 8.01. The van der Waals surface area contributed by atoms with Crippen molar-refractivity contribution in [3.05, 3.63) is 48.7 Å². The summed E-state index contributed by atoms with van der Waals surface area (Å²) in [6.07, 6.45) is 0.159. The monoisotopic (exact) mass is 560 g/mol. The number of anilines is 2. The van der Waals surface area contributed by atoms with E-state index in [1.807, 2.05) is 0 Å². The number of hydrogen-bond donors (Lipinski definition) is 3. The maximum Gasteiger partial charge on any atom is 0.411 e. The van der Waals surface area contributed by atoms with E-state index < -0.39 is 27.7 Å². The van der Waals surface area contributed by atoms with E-state index in [1.54, 1.807) is 84.1 Å². The Labute approximate surface area is 226 Å². The summed E-state index contributed by atoms with van der Waals surface area (Å²) in [5.74, 6) is 0. The van der Waals surface area contributed by atoms with Crippen LogP contribution in [0.2, 0.25) is 0 Å². The molecule has 10 nitrogen and oxygen atoms in total.